The zero-order valence-corrected chi connectivity index (χ0v) is 14.0. The molecule has 134 valence electrons. The predicted molar refractivity (Wildman–Crippen MR) is 91.7 cm³/mol. The minimum absolute atomic E-state index is 0.0825. The number of fused-ring (bicyclic) bond motifs is 1. The molecule has 26 heavy (non-hydrogen) atoms. The van der Waals surface area contributed by atoms with Crippen LogP contribution in [0.3, 0.4) is 0 Å². The van der Waals surface area contributed by atoms with Gasteiger partial charge in [0, 0.05) is 0 Å². The van der Waals surface area contributed by atoms with Gasteiger partial charge in [-0.2, -0.15) is 13.2 Å². The molecule has 0 radical (unpaired) electrons. The van der Waals surface area contributed by atoms with Gasteiger partial charge in [0.2, 0.25) is 5.91 Å². The van der Waals surface area contributed by atoms with Crippen LogP contribution in [-0.2, 0) is 11.0 Å². The van der Waals surface area contributed by atoms with E-state index in [2.05, 4.69) is 10.3 Å². The van der Waals surface area contributed by atoms with Crippen LogP contribution in [0.2, 0.25) is 0 Å². The van der Waals surface area contributed by atoms with Gasteiger partial charge < -0.3 is 5.32 Å². The van der Waals surface area contributed by atoms with Crippen molar-refractivity contribution in [2.45, 2.75) is 18.8 Å². The van der Waals surface area contributed by atoms with E-state index < -0.39 is 29.7 Å². The van der Waals surface area contributed by atoms with Crippen molar-refractivity contribution in [2.75, 3.05) is 5.32 Å². The quantitative estimate of drug-likeness (QED) is 0.628. The number of nitrogens with one attached hydrogen (secondary N) is 1. The van der Waals surface area contributed by atoms with Crippen LogP contribution < -0.4 is 5.32 Å². The Morgan fingerprint density at radius 3 is 2.62 bits per heavy atom. The summed E-state index contributed by atoms with van der Waals surface area (Å²) in [6.45, 7) is 0. The maximum Gasteiger partial charge on any atom is 0.417 e. The van der Waals surface area contributed by atoms with Gasteiger partial charge in [0.15, 0.2) is 5.13 Å². The van der Waals surface area contributed by atoms with Crippen molar-refractivity contribution in [3.63, 3.8) is 0 Å². The van der Waals surface area contributed by atoms with Crippen molar-refractivity contribution in [3.05, 3.63) is 48.0 Å². The van der Waals surface area contributed by atoms with E-state index in [1.165, 1.54) is 12.1 Å². The molecule has 0 spiro atoms. The molecule has 1 aromatic heterocycles. The molecular weight excluding hydrogens is 368 g/mol. The van der Waals surface area contributed by atoms with Gasteiger partial charge in [0.1, 0.15) is 6.17 Å². The van der Waals surface area contributed by atoms with Gasteiger partial charge in [-0.15, -0.1) is 0 Å². The molecule has 2 atom stereocenters. The Bertz CT molecular complexity index is 998. The van der Waals surface area contributed by atoms with E-state index in [4.69, 9.17) is 0 Å². The van der Waals surface area contributed by atoms with Crippen LogP contribution in [0.15, 0.2) is 42.5 Å². The Balaban J connectivity index is 1.67. The first-order valence-electron chi connectivity index (χ1n) is 7.85. The predicted octanol–water partition coefficient (Wildman–Crippen LogP) is 5.28. The fourth-order valence-corrected chi connectivity index (χ4v) is 3.67. The second kappa shape index (κ2) is 6.05. The lowest BCUT2D eigenvalue weighted by molar-refractivity contribution is -0.137. The molecule has 1 aliphatic carbocycles. The third-order valence-corrected chi connectivity index (χ3v) is 5.14. The lowest BCUT2D eigenvalue weighted by atomic mass is 9.99. The van der Waals surface area contributed by atoms with Gasteiger partial charge in [-0.05, 0) is 35.7 Å². The minimum Gasteiger partial charge on any atom is -0.302 e. The molecule has 1 amide bonds. The smallest absolute Gasteiger partial charge is 0.302 e. The number of hydrogen-bond acceptors (Lipinski definition) is 3. The van der Waals surface area contributed by atoms with Gasteiger partial charge in [0.25, 0.3) is 0 Å². The topological polar surface area (TPSA) is 42.0 Å². The molecule has 1 fully saturated rings. The second-order valence-corrected chi connectivity index (χ2v) is 7.12. The fraction of sp³-hybridized carbons (Fsp3) is 0.222. The first kappa shape index (κ1) is 17.0. The van der Waals surface area contributed by atoms with E-state index in [0.717, 1.165) is 17.4 Å². The number of thiazole rings is 1. The highest BCUT2D eigenvalue weighted by molar-refractivity contribution is 7.22. The second-order valence-electron chi connectivity index (χ2n) is 6.09. The summed E-state index contributed by atoms with van der Waals surface area (Å²) >= 11 is 1.15. The number of hydrogen-bond donors (Lipinski definition) is 1. The van der Waals surface area contributed by atoms with E-state index >= 15 is 0 Å². The molecule has 2 unspecified atom stereocenters. The third kappa shape index (κ3) is 3.16. The number of nitrogens with zero attached hydrogens (tertiary/aromatic N) is 1. The van der Waals surface area contributed by atoms with E-state index in [-0.39, 0.29) is 12.0 Å². The maximum atomic E-state index is 13.2. The fourth-order valence-electron chi connectivity index (χ4n) is 2.76. The zero-order chi connectivity index (χ0) is 18.5. The number of rotatable bonds is 3. The Morgan fingerprint density at radius 1 is 1.19 bits per heavy atom. The van der Waals surface area contributed by atoms with Gasteiger partial charge >= 0.3 is 6.18 Å². The van der Waals surface area contributed by atoms with E-state index in [0.29, 0.717) is 20.9 Å². The Labute approximate surface area is 149 Å². The first-order chi connectivity index (χ1) is 12.3. The highest BCUT2D eigenvalue weighted by Gasteiger charge is 2.43. The van der Waals surface area contributed by atoms with Crippen LogP contribution in [0.4, 0.5) is 22.7 Å². The molecule has 3 nitrogen and oxygen atoms in total. The van der Waals surface area contributed by atoms with Crippen LogP contribution in [-0.4, -0.2) is 17.1 Å². The Kier molecular flexibility index (Phi) is 3.95. The summed E-state index contributed by atoms with van der Waals surface area (Å²) in [5.74, 6) is -1.05. The number of carbonyl (C=O) groups is 1. The molecule has 1 saturated carbocycles. The molecule has 2 aromatic carbocycles. The van der Waals surface area contributed by atoms with Crippen LogP contribution >= 0.6 is 11.3 Å². The molecular formula is C18H12F4N2OS. The monoisotopic (exact) mass is 380 g/mol. The summed E-state index contributed by atoms with van der Waals surface area (Å²) < 4.78 is 53.2. The molecule has 0 saturated heterocycles. The van der Waals surface area contributed by atoms with Gasteiger partial charge in [-0.25, -0.2) is 9.37 Å². The number of halogens is 4. The van der Waals surface area contributed by atoms with Crippen LogP contribution in [0.5, 0.6) is 0 Å². The van der Waals surface area contributed by atoms with Crippen molar-refractivity contribution in [2.24, 2.45) is 5.92 Å². The number of aromatic nitrogens is 1. The standard InChI is InChI=1S/C18H12F4N2OS/c19-13-8-11(13)16(25)24-17-23-14-6-5-9(7-15(14)26-17)10-3-1-2-4-12(10)18(20,21)22/h1-7,11,13H,8H2,(H,23,24,25). The van der Waals surface area contributed by atoms with Gasteiger partial charge in [-0.1, -0.05) is 35.6 Å². The summed E-state index contributed by atoms with van der Waals surface area (Å²) in [5.41, 5.74) is 0.350. The van der Waals surface area contributed by atoms with Gasteiger partial charge in [0.05, 0.1) is 21.7 Å². The average molecular weight is 380 g/mol. The van der Waals surface area contributed by atoms with E-state index in [9.17, 15) is 22.4 Å². The van der Waals surface area contributed by atoms with Crippen LogP contribution in [0, 0.1) is 5.92 Å². The van der Waals surface area contributed by atoms with E-state index in [1.54, 1.807) is 24.3 Å². The number of benzene rings is 2. The SMILES string of the molecule is O=C(Nc1nc2ccc(-c3ccccc3C(F)(F)F)cc2s1)C1CC1F. The average Bonchev–Trinajstić information content (AvgIpc) is 3.19. The minimum atomic E-state index is -4.45. The number of anilines is 1. The normalized spacial score (nSPS) is 19.5. The highest BCUT2D eigenvalue weighted by atomic mass is 32.1. The molecule has 3 aromatic rings. The first-order valence-corrected chi connectivity index (χ1v) is 8.67. The lowest BCUT2D eigenvalue weighted by Crippen LogP contribution is -2.14. The lowest BCUT2D eigenvalue weighted by Gasteiger charge is -2.12. The van der Waals surface area contributed by atoms with Gasteiger partial charge in [-0.3, -0.25) is 4.79 Å². The Morgan fingerprint density at radius 2 is 1.92 bits per heavy atom. The third-order valence-electron chi connectivity index (χ3n) is 4.21. The molecule has 0 bridgehead atoms. The highest BCUT2D eigenvalue weighted by Crippen LogP contribution is 2.39. The molecule has 1 heterocycles. The Hall–Kier alpha value is -2.48. The van der Waals surface area contributed by atoms with E-state index in [1.807, 2.05) is 0 Å². The summed E-state index contributed by atoms with van der Waals surface area (Å²) in [5, 5.41) is 2.88. The summed E-state index contributed by atoms with van der Waals surface area (Å²) in [6, 6.07) is 10.2. The van der Waals surface area contributed by atoms with Crippen molar-refractivity contribution in [1.82, 2.24) is 4.98 Å². The maximum absolute atomic E-state index is 13.2. The zero-order valence-electron chi connectivity index (χ0n) is 13.2. The molecule has 1 aliphatic rings. The number of amides is 1. The van der Waals surface area contributed by atoms with Crippen LogP contribution in [0.25, 0.3) is 21.3 Å². The molecule has 4 rings (SSSR count). The number of carbonyl (C=O) groups excluding carboxylic acids is 1. The molecule has 0 aliphatic heterocycles. The summed E-state index contributed by atoms with van der Waals surface area (Å²) in [4.78, 5) is 16.0. The molecule has 8 heteroatoms. The summed E-state index contributed by atoms with van der Waals surface area (Å²) in [6.07, 6.45) is -5.34. The largest absolute Gasteiger partial charge is 0.417 e. The number of alkyl halides is 4. The van der Waals surface area contributed by atoms with Crippen molar-refractivity contribution in [3.8, 4) is 11.1 Å². The summed E-state index contributed by atoms with van der Waals surface area (Å²) in [7, 11) is 0. The van der Waals surface area contributed by atoms with Crippen LogP contribution in [0.1, 0.15) is 12.0 Å². The van der Waals surface area contributed by atoms with Crippen molar-refractivity contribution >= 4 is 32.6 Å². The van der Waals surface area contributed by atoms with Crippen molar-refractivity contribution in [1.29, 1.82) is 0 Å². The van der Waals surface area contributed by atoms with Crippen molar-refractivity contribution < 1.29 is 22.4 Å². The molecule has 1 N–H and O–H groups in total.